The molecular formula is C20H15NO2S3. The van der Waals surface area contributed by atoms with Crippen molar-refractivity contribution in [2.75, 3.05) is 11.4 Å². The minimum absolute atomic E-state index is 0.202. The number of nitrogens with zero attached hydrogens (tertiary/aromatic N) is 1. The van der Waals surface area contributed by atoms with Gasteiger partial charge in [-0.2, -0.15) is 0 Å². The minimum Gasteiger partial charge on any atom is -0.335 e. The smallest absolute Gasteiger partial charge is 0.209 e. The molecule has 0 amide bonds. The summed E-state index contributed by atoms with van der Waals surface area (Å²) in [5, 5.41) is 4.45. The van der Waals surface area contributed by atoms with Crippen LogP contribution in [0, 0.1) is 0 Å². The number of Topliss-reactive ketones (excluding diaryl/α,β-unsaturated/α-hetero) is 2. The number of allylic oxidation sites excluding steroid dienone is 1. The number of para-hydroxylation sites is 1. The first-order valence-electron chi connectivity index (χ1n) is 8.15. The van der Waals surface area contributed by atoms with Crippen molar-refractivity contribution in [2.24, 2.45) is 0 Å². The normalized spacial score (nSPS) is 13.0. The van der Waals surface area contributed by atoms with Gasteiger partial charge < -0.3 is 4.90 Å². The molecule has 0 atom stereocenters. The van der Waals surface area contributed by atoms with E-state index in [9.17, 15) is 9.59 Å². The zero-order valence-electron chi connectivity index (χ0n) is 14.0. The van der Waals surface area contributed by atoms with E-state index in [1.807, 2.05) is 54.1 Å². The molecule has 130 valence electrons. The summed E-state index contributed by atoms with van der Waals surface area (Å²) in [7, 11) is 0. The Morgan fingerprint density at radius 2 is 1.50 bits per heavy atom. The predicted molar refractivity (Wildman–Crippen MR) is 110 cm³/mol. The standard InChI is InChI=1S/C20H15NO2S3/c1-2-21-13-7-3-4-8-14(13)26-20(21)17(18(22)15-9-5-11-24-15)19(23)16-10-6-12-25-16/h3-12H,2H2,1H3. The summed E-state index contributed by atoms with van der Waals surface area (Å²) in [6, 6.07) is 15.2. The van der Waals surface area contributed by atoms with Crippen LogP contribution in [0.5, 0.6) is 0 Å². The van der Waals surface area contributed by atoms with E-state index in [2.05, 4.69) is 4.90 Å². The van der Waals surface area contributed by atoms with Gasteiger partial charge in [-0.05, 0) is 41.9 Å². The quantitative estimate of drug-likeness (QED) is 0.239. The summed E-state index contributed by atoms with van der Waals surface area (Å²) in [4.78, 5) is 30.8. The molecule has 0 saturated carbocycles. The molecule has 0 N–H and O–H groups in total. The topological polar surface area (TPSA) is 37.4 Å². The van der Waals surface area contributed by atoms with Crippen molar-refractivity contribution in [1.82, 2.24) is 0 Å². The van der Waals surface area contributed by atoms with Gasteiger partial charge in [0.25, 0.3) is 0 Å². The molecule has 2 aromatic heterocycles. The molecule has 0 unspecified atom stereocenters. The zero-order valence-corrected chi connectivity index (χ0v) is 16.4. The molecule has 3 heterocycles. The van der Waals surface area contributed by atoms with E-state index in [0.29, 0.717) is 16.3 Å². The molecule has 6 heteroatoms. The lowest BCUT2D eigenvalue weighted by Crippen LogP contribution is -2.23. The summed E-state index contributed by atoms with van der Waals surface area (Å²) in [6.45, 7) is 2.73. The van der Waals surface area contributed by atoms with Gasteiger partial charge in [0.05, 0.1) is 20.5 Å². The number of carbonyl (C=O) groups is 2. The molecule has 26 heavy (non-hydrogen) atoms. The highest BCUT2D eigenvalue weighted by Gasteiger charge is 2.34. The van der Waals surface area contributed by atoms with Crippen LogP contribution in [0.4, 0.5) is 5.69 Å². The lowest BCUT2D eigenvalue weighted by molar-refractivity contribution is 0.0966. The van der Waals surface area contributed by atoms with E-state index in [1.54, 1.807) is 12.1 Å². The van der Waals surface area contributed by atoms with Crippen LogP contribution >= 0.6 is 34.4 Å². The molecular weight excluding hydrogens is 382 g/mol. The third-order valence-corrected chi connectivity index (χ3v) is 7.00. The number of thiophene rings is 2. The van der Waals surface area contributed by atoms with Crippen LogP contribution in [0.2, 0.25) is 0 Å². The molecule has 1 aromatic carbocycles. The highest BCUT2D eigenvalue weighted by atomic mass is 32.2. The molecule has 1 aliphatic rings. The summed E-state index contributed by atoms with van der Waals surface area (Å²) >= 11 is 4.23. The number of hydrogen-bond acceptors (Lipinski definition) is 6. The molecule has 0 fully saturated rings. The van der Waals surface area contributed by atoms with Crippen LogP contribution < -0.4 is 4.90 Å². The number of ketones is 2. The van der Waals surface area contributed by atoms with Gasteiger partial charge in [-0.15, -0.1) is 22.7 Å². The molecule has 0 bridgehead atoms. The molecule has 3 aromatic rings. The minimum atomic E-state index is -0.202. The summed E-state index contributed by atoms with van der Waals surface area (Å²) < 4.78 is 0. The van der Waals surface area contributed by atoms with Crippen molar-refractivity contribution < 1.29 is 9.59 Å². The number of thioether (sulfide) groups is 1. The van der Waals surface area contributed by atoms with Gasteiger partial charge in [0.1, 0.15) is 5.57 Å². The number of rotatable bonds is 5. The van der Waals surface area contributed by atoms with Gasteiger partial charge >= 0.3 is 0 Å². The van der Waals surface area contributed by atoms with Crippen LogP contribution in [-0.4, -0.2) is 18.1 Å². The van der Waals surface area contributed by atoms with E-state index in [1.165, 1.54) is 34.4 Å². The summed E-state index contributed by atoms with van der Waals surface area (Å²) in [6.07, 6.45) is 0. The van der Waals surface area contributed by atoms with Crippen LogP contribution in [0.25, 0.3) is 0 Å². The Balaban J connectivity index is 1.89. The Labute approximate surface area is 164 Å². The zero-order chi connectivity index (χ0) is 18.1. The molecule has 0 spiro atoms. The lowest BCUT2D eigenvalue weighted by Gasteiger charge is -2.20. The number of carbonyl (C=O) groups excluding carboxylic acids is 2. The Morgan fingerprint density at radius 1 is 0.885 bits per heavy atom. The first kappa shape index (κ1) is 17.3. The SMILES string of the molecule is CCN1C(=C(C(=O)c2cccs2)C(=O)c2cccs2)Sc2ccccc21. The van der Waals surface area contributed by atoms with Crippen LogP contribution in [0.1, 0.15) is 26.3 Å². The van der Waals surface area contributed by atoms with Gasteiger partial charge in [0.2, 0.25) is 11.6 Å². The highest BCUT2D eigenvalue weighted by Crippen LogP contribution is 2.47. The fourth-order valence-electron chi connectivity index (χ4n) is 2.89. The number of anilines is 1. The average molecular weight is 398 g/mol. The monoisotopic (exact) mass is 397 g/mol. The van der Waals surface area contributed by atoms with Gasteiger partial charge in [-0.1, -0.05) is 36.0 Å². The Morgan fingerprint density at radius 3 is 2.04 bits per heavy atom. The van der Waals surface area contributed by atoms with E-state index in [-0.39, 0.29) is 17.1 Å². The van der Waals surface area contributed by atoms with Crippen molar-refractivity contribution in [2.45, 2.75) is 11.8 Å². The van der Waals surface area contributed by atoms with Crippen molar-refractivity contribution in [3.05, 3.63) is 79.6 Å². The van der Waals surface area contributed by atoms with Gasteiger partial charge in [0.15, 0.2) is 0 Å². The van der Waals surface area contributed by atoms with E-state index in [4.69, 9.17) is 0 Å². The Bertz CT molecular complexity index is 940. The number of benzene rings is 1. The number of fused-ring (bicyclic) bond motifs is 1. The Hall–Kier alpha value is -2.15. The first-order valence-corrected chi connectivity index (χ1v) is 10.7. The number of hydrogen-bond donors (Lipinski definition) is 0. The highest BCUT2D eigenvalue weighted by molar-refractivity contribution is 8.03. The van der Waals surface area contributed by atoms with Crippen LogP contribution in [0.15, 0.2) is 74.8 Å². The maximum atomic E-state index is 13.2. The fourth-order valence-corrected chi connectivity index (χ4v) is 5.50. The fraction of sp³-hybridized carbons (Fsp3) is 0.100. The lowest BCUT2D eigenvalue weighted by atomic mass is 10.0. The second-order valence-corrected chi connectivity index (χ2v) is 8.53. The predicted octanol–water partition coefficient (Wildman–Crippen LogP) is 5.72. The van der Waals surface area contributed by atoms with Crippen molar-refractivity contribution in [1.29, 1.82) is 0 Å². The molecule has 1 aliphatic heterocycles. The first-order chi connectivity index (χ1) is 12.7. The maximum Gasteiger partial charge on any atom is 0.209 e. The van der Waals surface area contributed by atoms with Crippen LogP contribution in [-0.2, 0) is 0 Å². The second kappa shape index (κ2) is 7.23. The van der Waals surface area contributed by atoms with E-state index < -0.39 is 0 Å². The van der Waals surface area contributed by atoms with Gasteiger partial charge in [-0.3, -0.25) is 9.59 Å². The van der Waals surface area contributed by atoms with Crippen molar-refractivity contribution in [3.63, 3.8) is 0 Å². The molecule has 0 aliphatic carbocycles. The molecule has 0 saturated heterocycles. The van der Waals surface area contributed by atoms with E-state index in [0.717, 1.165) is 15.6 Å². The third-order valence-electron chi connectivity index (χ3n) is 4.08. The van der Waals surface area contributed by atoms with Crippen molar-refractivity contribution in [3.8, 4) is 0 Å². The van der Waals surface area contributed by atoms with Crippen LogP contribution in [0.3, 0.4) is 0 Å². The van der Waals surface area contributed by atoms with Crippen molar-refractivity contribution >= 4 is 51.7 Å². The molecule has 3 nitrogen and oxygen atoms in total. The maximum absolute atomic E-state index is 13.2. The summed E-state index contributed by atoms with van der Waals surface area (Å²) in [5.74, 6) is -0.403. The molecule has 4 rings (SSSR count). The van der Waals surface area contributed by atoms with E-state index >= 15 is 0 Å². The Kier molecular flexibility index (Phi) is 4.80. The van der Waals surface area contributed by atoms with Gasteiger partial charge in [0, 0.05) is 11.4 Å². The second-order valence-electron chi connectivity index (χ2n) is 5.61. The third kappa shape index (κ3) is 2.94. The molecule has 0 radical (unpaired) electrons. The summed E-state index contributed by atoms with van der Waals surface area (Å²) in [5.41, 5.74) is 1.31. The largest absolute Gasteiger partial charge is 0.335 e. The average Bonchev–Trinajstić information content (AvgIpc) is 3.41. The van der Waals surface area contributed by atoms with Gasteiger partial charge in [-0.25, -0.2) is 0 Å².